The normalized spacial score (nSPS) is 9.52. The number of rotatable bonds is 2. The lowest BCUT2D eigenvalue weighted by molar-refractivity contribution is 1.37. The maximum Gasteiger partial charge on any atom is 0.0314 e. The molecule has 29 heavy (non-hydrogen) atoms. The van der Waals surface area contributed by atoms with Gasteiger partial charge in [0.1, 0.15) is 0 Å². The van der Waals surface area contributed by atoms with Crippen LogP contribution in [-0.4, -0.2) is 0 Å². The largest absolute Gasteiger partial charge is 0.142 e. The van der Waals surface area contributed by atoms with Crippen LogP contribution in [0.2, 0.25) is 0 Å². The fraction of sp³-hybridized carbons (Fsp3) is 0. The zero-order chi connectivity index (χ0) is 20.9. The van der Waals surface area contributed by atoms with Gasteiger partial charge >= 0.3 is 0 Å². The molecule has 0 unspecified atom stereocenters. The number of hydrogen-bond donors (Lipinski definition) is 1. The third kappa shape index (κ3) is 10.2. The third-order valence-corrected chi connectivity index (χ3v) is 7.54. The molecular formula is C24H19Br2IS2. The summed E-state index contributed by atoms with van der Waals surface area (Å²) in [5.74, 6) is 0. The van der Waals surface area contributed by atoms with Gasteiger partial charge in [-0.1, -0.05) is 72.4 Å². The molecule has 4 rings (SSSR count). The van der Waals surface area contributed by atoms with Crippen molar-refractivity contribution in [2.24, 2.45) is 0 Å². The molecule has 0 saturated heterocycles. The summed E-state index contributed by atoms with van der Waals surface area (Å²) in [6.45, 7) is 0. The summed E-state index contributed by atoms with van der Waals surface area (Å²) in [4.78, 5) is 3.49. The molecule has 0 nitrogen and oxygen atoms in total. The molecule has 0 atom stereocenters. The predicted octanol–water partition coefficient (Wildman–Crippen LogP) is 9.63. The molecule has 0 heterocycles. The van der Waals surface area contributed by atoms with Crippen molar-refractivity contribution >= 4 is 78.8 Å². The van der Waals surface area contributed by atoms with Gasteiger partial charge in [-0.05, 0) is 103 Å². The van der Waals surface area contributed by atoms with Gasteiger partial charge in [-0.15, -0.1) is 12.6 Å². The van der Waals surface area contributed by atoms with Gasteiger partial charge in [0.05, 0.1) is 0 Å². The van der Waals surface area contributed by atoms with Crippen LogP contribution in [0.4, 0.5) is 0 Å². The fourth-order valence-corrected chi connectivity index (χ4v) is 4.26. The van der Waals surface area contributed by atoms with E-state index in [1.165, 1.54) is 13.4 Å². The molecule has 0 N–H and O–H groups in total. The summed E-state index contributed by atoms with van der Waals surface area (Å²) < 4.78 is 3.48. The van der Waals surface area contributed by atoms with E-state index in [1.807, 2.05) is 54.6 Å². The van der Waals surface area contributed by atoms with Crippen molar-refractivity contribution in [3.05, 3.63) is 122 Å². The molecule has 0 aliphatic rings. The zero-order valence-electron chi connectivity index (χ0n) is 15.4. The first-order valence-electron chi connectivity index (χ1n) is 8.67. The molecule has 4 aromatic rings. The van der Waals surface area contributed by atoms with Crippen LogP contribution >= 0.6 is 78.8 Å². The number of thiol groups is 1. The lowest BCUT2D eigenvalue weighted by Crippen LogP contribution is -1.74. The van der Waals surface area contributed by atoms with Gasteiger partial charge in [0.25, 0.3) is 0 Å². The highest BCUT2D eigenvalue weighted by Gasteiger charge is 1.99. The number of hydrogen-bond acceptors (Lipinski definition) is 2. The predicted molar refractivity (Wildman–Crippen MR) is 145 cm³/mol. The van der Waals surface area contributed by atoms with E-state index < -0.39 is 0 Å². The molecule has 0 aliphatic carbocycles. The van der Waals surface area contributed by atoms with Gasteiger partial charge in [-0.3, -0.25) is 0 Å². The molecule has 0 bridgehead atoms. The summed E-state index contributed by atoms with van der Waals surface area (Å²) in [6.07, 6.45) is 0. The zero-order valence-corrected chi connectivity index (χ0v) is 22.4. The highest BCUT2D eigenvalue weighted by atomic mass is 127. The summed E-state index contributed by atoms with van der Waals surface area (Å²) in [5, 5.41) is 0. The van der Waals surface area contributed by atoms with Crippen LogP contribution in [-0.2, 0) is 0 Å². The van der Waals surface area contributed by atoms with E-state index >= 15 is 0 Å². The Hall–Kier alpha value is -0.730. The first-order valence-corrected chi connectivity index (χ1v) is 12.6. The smallest absolute Gasteiger partial charge is 0.0314 e. The van der Waals surface area contributed by atoms with Gasteiger partial charge < -0.3 is 0 Å². The first-order chi connectivity index (χ1) is 14.1. The van der Waals surface area contributed by atoms with Crippen LogP contribution in [0.15, 0.2) is 133 Å². The van der Waals surface area contributed by atoms with Crippen molar-refractivity contribution in [1.82, 2.24) is 0 Å². The van der Waals surface area contributed by atoms with Crippen LogP contribution in [0.1, 0.15) is 0 Å². The van der Waals surface area contributed by atoms with Gasteiger partial charge in [-0.2, -0.15) is 0 Å². The van der Waals surface area contributed by atoms with Gasteiger partial charge in [0.2, 0.25) is 0 Å². The van der Waals surface area contributed by atoms with E-state index in [1.54, 1.807) is 11.8 Å². The Morgan fingerprint density at radius 1 is 0.586 bits per heavy atom. The van der Waals surface area contributed by atoms with E-state index in [2.05, 4.69) is 122 Å². The van der Waals surface area contributed by atoms with Crippen LogP contribution in [0.3, 0.4) is 0 Å². The summed E-state index contributed by atoms with van der Waals surface area (Å²) in [7, 11) is 0. The third-order valence-electron chi connectivity index (χ3n) is 3.39. The van der Waals surface area contributed by atoms with E-state index in [0.29, 0.717) is 0 Å². The fourth-order valence-electron chi connectivity index (χ4n) is 2.01. The topological polar surface area (TPSA) is 0 Å². The highest BCUT2D eigenvalue weighted by molar-refractivity contribution is 14.1. The van der Waals surface area contributed by atoms with Crippen molar-refractivity contribution < 1.29 is 0 Å². The maximum atomic E-state index is 4.15. The molecule has 0 amide bonds. The summed E-state index contributed by atoms with van der Waals surface area (Å²) >= 11 is 15.0. The minimum Gasteiger partial charge on any atom is -0.142 e. The Labute approximate surface area is 213 Å². The van der Waals surface area contributed by atoms with Crippen molar-refractivity contribution in [3.63, 3.8) is 0 Å². The average molecular weight is 658 g/mol. The first kappa shape index (κ1) is 24.5. The lowest BCUT2D eigenvalue weighted by atomic mass is 10.4. The number of benzene rings is 4. The second-order valence-electron chi connectivity index (χ2n) is 5.59. The molecule has 4 aromatic carbocycles. The Balaban J connectivity index is 0.000000170. The highest BCUT2D eigenvalue weighted by Crippen LogP contribution is 2.32. The molecule has 5 heteroatoms. The average Bonchev–Trinajstić information content (AvgIpc) is 2.74. The molecule has 0 aromatic heterocycles. The van der Waals surface area contributed by atoms with Crippen LogP contribution < -0.4 is 0 Å². The van der Waals surface area contributed by atoms with E-state index in [0.717, 1.165) is 13.8 Å². The van der Waals surface area contributed by atoms with Crippen LogP contribution in [0.25, 0.3) is 0 Å². The standard InChI is InChI=1S/C12H9BrS.C6H5BrS.C6H5I/c13-11-8-4-5-9-12(11)14-10-6-2-1-3-7-10;7-5-3-1-2-4-6(5)8;7-6-4-2-1-3-5-6/h1-9H;1-4,8H;1-5H. The Kier molecular flexibility index (Phi) is 12.1. The minimum absolute atomic E-state index is 0.979. The second kappa shape index (κ2) is 14.3. The van der Waals surface area contributed by atoms with Crippen molar-refractivity contribution in [3.8, 4) is 0 Å². The molecule has 0 aliphatic heterocycles. The molecule has 0 saturated carbocycles. The van der Waals surface area contributed by atoms with Crippen LogP contribution in [0.5, 0.6) is 0 Å². The summed E-state index contributed by atoms with van der Waals surface area (Å²) in [5.41, 5.74) is 0. The molecule has 0 fully saturated rings. The van der Waals surface area contributed by atoms with E-state index in [-0.39, 0.29) is 0 Å². The number of halogens is 3. The monoisotopic (exact) mass is 656 g/mol. The second-order valence-corrected chi connectivity index (χ2v) is 10.1. The summed E-state index contributed by atoms with van der Waals surface area (Å²) in [6, 6.07) is 36.7. The van der Waals surface area contributed by atoms with Gasteiger partial charge in [-0.25, -0.2) is 0 Å². The van der Waals surface area contributed by atoms with Crippen molar-refractivity contribution in [2.75, 3.05) is 0 Å². The molecule has 0 spiro atoms. The van der Waals surface area contributed by atoms with Crippen molar-refractivity contribution in [2.45, 2.75) is 14.7 Å². The van der Waals surface area contributed by atoms with Gasteiger partial charge in [0.15, 0.2) is 0 Å². The molecular weight excluding hydrogens is 639 g/mol. The minimum atomic E-state index is 0.979. The SMILES string of the molecule is Brc1ccccc1Sc1ccccc1.Ic1ccccc1.Sc1ccccc1Br. The Morgan fingerprint density at radius 2 is 1.07 bits per heavy atom. The maximum absolute atomic E-state index is 4.15. The van der Waals surface area contributed by atoms with Gasteiger partial charge in [0, 0.05) is 27.2 Å². The van der Waals surface area contributed by atoms with Crippen LogP contribution in [0, 0.1) is 3.57 Å². The Morgan fingerprint density at radius 3 is 1.52 bits per heavy atom. The van der Waals surface area contributed by atoms with E-state index in [4.69, 9.17) is 0 Å². The van der Waals surface area contributed by atoms with E-state index in [9.17, 15) is 0 Å². The quantitative estimate of drug-likeness (QED) is 0.165. The molecule has 148 valence electrons. The Bertz CT molecular complexity index is 959. The van der Waals surface area contributed by atoms with Crippen molar-refractivity contribution in [1.29, 1.82) is 0 Å². The lowest BCUT2D eigenvalue weighted by Gasteiger charge is -2.02. The molecule has 0 radical (unpaired) electrons.